The maximum Gasteiger partial charge on any atom is 0.240 e. The molecule has 1 aliphatic rings. The van der Waals surface area contributed by atoms with Gasteiger partial charge in [0.2, 0.25) is 10.0 Å². The highest BCUT2D eigenvalue weighted by molar-refractivity contribution is 7.89. The van der Waals surface area contributed by atoms with E-state index >= 15 is 0 Å². The topological polar surface area (TPSA) is 58.6 Å². The van der Waals surface area contributed by atoms with Crippen molar-refractivity contribution in [2.24, 2.45) is 0 Å². The first-order valence-corrected chi connectivity index (χ1v) is 10.9. The largest absolute Gasteiger partial charge is 0.496 e. The van der Waals surface area contributed by atoms with Crippen LogP contribution in [0.25, 0.3) is 0 Å². The Hall–Kier alpha value is -1.96. The third kappa shape index (κ3) is 4.90. The third-order valence-electron chi connectivity index (χ3n) is 5.18. The molecule has 0 saturated carbocycles. The van der Waals surface area contributed by atoms with Crippen molar-refractivity contribution in [1.29, 1.82) is 0 Å². The zero-order valence-electron chi connectivity index (χ0n) is 16.5. The summed E-state index contributed by atoms with van der Waals surface area (Å²) in [5.41, 5.74) is 2.67. The Morgan fingerprint density at radius 1 is 1.11 bits per heavy atom. The fourth-order valence-electron chi connectivity index (χ4n) is 3.73. The lowest BCUT2D eigenvalue weighted by molar-refractivity contribution is 0.200. The van der Waals surface area contributed by atoms with Crippen molar-refractivity contribution in [2.45, 2.75) is 44.2 Å². The molecule has 1 heterocycles. The van der Waals surface area contributed by atoms with Crippen LogP contribution in [0.5, 0.6) is 5.75 Å². The highest BCUT2D eigenvalue weighted by atomic mass is 32.2. The predicted molar refractivity (Wildman–Crippen MR) is 107 cm³/mol. The van der Waals surface area contributed by atoms with Gasteiger partial charge in [0, 0.05) is 25.7 Å². The molecule has 0 radical (unpaired) electrons. The molecule has 2 aromatic rings. The average molecular weight is 407 g/mol. The van der Waals surface area contributed by atoms with Crippen molar-refractivity contribution >= 4 is 10.0 Å². The van der Waals surface area contributed by atoms with Crippen LogP contribution in [-0.4, -0.2) is 39.6 Å². The molecule has 28 heavy (non-hydrogen) atoms. The van der Waals surface area contributed by atoms with Gasteiger partial charge in [0.15, 0.2) is 0 Å². The van der Waals surface area contributed by atoms with Gasteiger partial charge in [-0.1, -0.05) is 12.1 Å². The van der Waals surface area contributed by atoms with E-state index in [1.165, 1.54) is 12.1 Å². The number of halogens is 1. The minimum atomic E-state index is -3.58. The lowest BCUT2D eigenvalue weighted by Crippen LogP contribution is -2.44. The number of rotatable bonds is 6. The average Bonchev–Trinajstić information content (AvgIpc) is 2.65. The minimum Gasteiger partial charge on any atom is -0.496 e. The third-order valence-corrected chi connectivity index (χ3v) is 6.68. The molecule has 7 heteroatoms. The number of nitrogens with zero attached hydrogens (tertiary/aromatic N) is 1. The van der Waals surface area contributed by atoms with E-state index in [9.17, 15) is 12.8 Å². The highest BCUT2D eigenvalue weighted by Gasteiger charge is 2.25. The van der Waals surface area contributed by atoms with Crippen LogP contribution in [-0.2, 0) is 16.6 Å². The molecular weight excluding hydrogens is 379 g/mol. The van der Waals surface area contributed by atoms with E-state index in [4.69, 9.17) is 4.74 Å². The van der Waals surface area contributed by atoms with E-state index in [1.54, 1.807) is 31.4 Å². The van der Waals surface area contributed by atoms with Crippen LogP contribution in [0, 0.1) is 19.7 Å². The SMILES string of the molecule is COc1c(C)cc(S(=O)(=O)NC2CCN(Cc3ccc(F)cc3)CC2)cc1C. The molecule has 5 nitrogen and oxygen atoms in total. The van der Waals surface area contributed by atoms with Gasteiger partial charge in [-0.15, -0.1) is 0 Å². The number of ether oxygens (including phenoxy) is 1. The van der Waals surface area contributed by atoms with Crippen LogP contribution in [0.4, 0.5) is 4.39 Å². The van der Waals surface area contributed by atoms with E-state index in [1.807, 2.05) is 13.8 Å². The van der Waals surface area contributed by atoms with E-state index in [0.29, 0.717) is 5.75 Å². The summed E-state index contributed by atoms with van der Waals surface area (Å²) in [5.74, 6) is 0.480. The maximum absolute atomic E-state index is 13.0. The van der Waals surface area contributed by atoms with Gasteiger partial charge >= 0.3 is 0 Å². The Balaban J connectivity index is 1.60. The standard InChI is InChI=1S/C21H27FN2O3S/c1-15-12-20(13-16(2)21(15)27-3)28(25,26)23-19-8-10-24(11-9-19)14-17-4-6-18(22)7-5-17/h4-7,12-13,19,23H,8-11,14H2,1-3H3. The lowest BCUT2D eigenvalue weighted by atomic mass is 10.1. The molecule has 1 saturated heterocycles. The first kappa shape index (κ1) is 20.8. The molecular formula is C21H27FN2O3S. The van der Waals surface area contributed by atoms with Crippen molar-refractivity contribution in [2.75, 3.05) is 20.2 Å². The fourth-order valence-corrected chi connectivity index (χ4v) is 5.21. The summed E-state index contributed by atoms with van der Waals surface area (Å²) in [7, 11) is -1.99. The van der Waals surface area contributed by atoms with E-state index < -0.39 is 10.0 Å². The van der Waals surface area contributed by atoms with Crippen LogP contribution in [0.15, 0.2) is 41.3 Å². The highest BCUT2D eigenvalue weighted by Crippen LogP contribution is 2.27. The summed E-state index contributed by atoms with van der Waals surface area (Å²) < 4.78 is 46.8. The molecule has 0 unspecified atom stereocenters. The molecule has 152 valence electrons. The van der Waals surface area contributed by atoms with E-state index in [0.717, 1.165) is 49.2 Å². The van der Waals surface area contributed by atoms with Gasteiger partial charge in [0.1, 0.15) is 11.6 Å². The number of aryl methyl sites for hydroxylation is 2. The number of likely N-dealkylation sites (tertiary alicyclic amines) is 1. The summed E-state index contributed by atoms with van der Waals surface area (Å²) >= 11 is 0. The Bertz CT molecular complexity index is 898. The second kappa shape index (κ2) is 8.59. The fraction of sp³-hybridized carbons (Fsp3) is 0.429. The Morgan fingerprint density at radius 2 is 1.68 bits per heavy atom. The molecule has 0 amide bonds. The van der Waals surface area contributed by atoms with Gasteiger partial charge in [0.05, 0.1) is 12.0 Å². The number of benzene rings is 2. The number of hydrogen-bond acceptors (Lipinski definition) is 4. The number of methoxy groups -OCH3 is 1. The first-order valence-electron chi connectivity index (χ1n) is 9.43. The minimum absolute atomic E-state index is 0.0859. The molecule has 1 fully saturated rings. The second-order valence-electron chi connectivity index (χ2n) is 7.39. The van der Waals surface area contributed by atoms with Gasteiger partial charge < -0.3 is 4.74 Å². The van der Waals surface area contributed by atoms with Gasteiger partial charge in [-0.3, -0.25) is 4.90 Å². The van der Waals surface area contributed by atoms with Crippen molar-refractivity contribution in [3.8, 4) is 5.75 Å². The van der Waals surface area contributed by atoms with Crippen molar-refractivity contribution in [1.82, 2.24) is 9.62 Å². The molecule has 3 rings (SSSR count). The predicted octanol–water partition coefficient (Wildman–Crippen LogP) is 3.39. The molecule has 0 spiro atoms. The quantitative estimate of drug-likeness (QED) is 0.799. The molecule has 1 aliphatic heterocycles. The van der Waals surface area contributed by atoms with E-state index in [-0.39, 0.29) is 16.8 Å². The van der Waals surface area contributed by atoms with Gasteiger partial charge in [0.25, 0.3) is 0 Å². The number of nitrogens with one attached hydrogen (secondary N) is 1. The zero-order chi connectivity index (χ0) is 20.3. The molecule has 1 N–H and O–H groups in total. The molecule has 0 atom stereocenters. The maximum atomic E-state index is 13.0. The van der Waals surface area contributed by atoms with Gasteiger partial charge in [-0.25, -0.2) is 17.5 Å². The summed E-state index contributed by atoms with van der Waals surface area (Å²) in [6.07, 6.45) is 1.49. The Morgan fingerprint density at radius 3 is 2.21 bits per heavy atom. The summed E-state index contributed by atoms with van der Waals surface area (Å²) in [6.45, 7) is 6.03. The normalized spacial score (nSPS) is 16.3. The molecule has 0 aliphatic carbocycles. The van der Waals surface area contributed by atoms with E-state index in [2.05, 4.69) is 9.62 Å². The number of sulfonamides is 1. The second-order valence-corrected chi connectivity index (χ2v) is 9.10. The van der Waals surface area contributed by atoms with Crippen molar-refractivity contribution in [3.63, 3.8) is 0 Å². The Labute approximate surface area is 166 Å². The smallest absolute Gasteiger partial charge is 0.240 e. The van der Waals surface area contributed by atoms with Gasteiger partial charge in [-0.2, -0.15) is 0 Å². The van der Waals surface area contributed by atoms with Crippen molar-refractivity contribution < 1.29 is 17.5 Å². The zero-order valence-corrected chi connectivity index (χ0v) is 17.4. The van der Waals surface area contributed by atoms with Crippen LogP contribution < -0.4 is 9.46 Å². The van der Waals surface area contributed by atoms with Crippen LogP contribution in [0.1, 0.15) is 29.5 Å². The van der Waals surface area contributed by atoms with Crippen molar-refractivity contribution in [3.05, 3.63) is 58.9 Å². The lowest BCUT2D eigenvalue weighted by Gasteiger charge is -2.32. The first-order chi connectivity index (χ1) is 13.3. The van der Waals surface area contributed by atoms with Crippen LogP contribution in [0.2, 0.25) is 0 Å². The molecule has 0 aromatic heterocycles. The van der Waals surface area contributed by atoms with Crippen LogP contribution >= 0.6 is 0 Å². The number of piperidine rings is 1. The Kier molecular flexibility index (Phi) is 6.37. The summed E-state index contributed by atoms with van der Waals surface area (Å²) in [4.78, 5) is 2.54. The van der Waals surface area contributed by atoms with Crippen LogP contribution in [0.3, 0.4) is 0 Å². The summed E-state index contributed by atoms with van der Waals surface area (Å²) in [6, 6.07) is 9.73. The number of hydrogen-bond donors (Lipinski definition) is 1. The monoisotopic (exact) mass is 406 g/mol. The molecule has 2 aromatic carbocycles. The summed E-state index contributed by atoms with van der Waals surface area (Å²) in [5, 5.41) is 0. The van der Waals surface area contributed by atoms with Gasteiger partial charge in [-0.05, 0) is 67.6 Å². The molecule has 0 bridgehead atoms.